The second-order valence-corrected chi connectivity index (χ2v) is 7.43. The topological polar surface area (TPSA) is 66.5 Å². The predicted octanol–water partition coefficient (Wildman–Crippen LogP) is 2.39. The van der Waals surface area contributed by atoms with Crippen LogP contribution >= 0.6 is 0 Å². The molecule has 0 aromatic heterocycles. The third-order valence-corrected chi connectivity index (χ3v) is 5.12. The average molecular weight is 324 g/mol. The highest BCUT2D eigenvalue weighted by atomic mass is 32.2. The Balaban J connectivity index is 2.11. The van der Waals surface area contributed by atoms with Crippen LogP contribution in [0.15, 0.2) is 29.2 Å². The van der Waals surface area contributed by atoms with E-state index in [-0.39, 0.29) is 16.8 Å². The largest absolute Gasteiger partial charge is 0.339 e. The van der Waals surface area contributed by atoms with Crippen molar-refractivity contribution in [1.29, 1.82) is 0 Å². The van der Waals surface area contributed by atoms with Gasteiger partial charge in [0.25, 0.3) is 5.91 Å². The Hall–Kier alpha value is -1.40. The lowest BCUT2D eigenvalue weighted by molar-refractivity contribution is 0.0755. The Morgan fingerprint density at radius 2 is 1.68 bits per heavy atom. The molecule has 22 heavy (non-hydrogen) atoms. The minimum Gasteiger partial charge on any atom is -0.339 e. The first-order valence-electron chi connectivity index (χ1n) is 7.89. The molecule has 1 fully saturated rings. The Kier molecular flexibility index (Phi) is 5.58. The maximum atomic E-state index is 12.4. The molecule has 1 aliphatic carbocycles. The number of hydrogen-bond donors (Lipinski definition) is 1. The molecule has 0 saturated heterocycles. The number of benzene rings is 1. The average Bonchev–Trinajstić information content (AvgIpc) is 3.30. The molecule has 1 aliphatic rings. The summed E-state index contributed by atoms with van der Waals surface area (Å²) in [5, 5.41) is 0. The summed E-state index contributed by atoms with van der Waals surface area (Å²) in [5.41, 5.74) is 0.535. The van der Waals surface area contributed by atoms with Crippen molar-refractivity contribution in [3.8, 4) is 0 Å². The summed E-state index contributed by atoms with van der Waals surface area (Å²) in [4.78, 5) is 14.5. The van der Waals surface area contributed by atoms with Gasteiger partial charge >= 0.3 is 0 Å². The summed E-state index contributed by atoms with van der Waals surface area (Å²) < 4.78 is 26.8. The van der Waals surface area contributed by atoms with Gasteiger partial charge in [0.1, 0.15) is 0 Å². The number of carbonyl (C=O) groups is 1. The van der Waals surface area contributed by atoms with E-state index in [0.717, 1.165) is 38.8 Å². The van der Waals surface area contributed by atoms with Crippen LogP contribution in [0.25, 0.3) is 0 Å². The molecule has 1 saturated carbocycles. The van der Waals surface area contributed by atoms with Crippen molar-refractivity contribution in [1.82, 2.24) is 9.62 Å². The van der Waals surface area contributed by atoms with Crippen LogP contribution in [0.1, 0.15) is 49.9 Å². The van der Waals surface area contributed by atoms with Crippen molar-refractivity contribution in [2.24, 2.45) is 0 Å². The molecule has 0 unspecified atom stereocenters. The molecule has 5 nitrogen and oxygen atoms in total. The van der Waals surface area contributed by atoms with Gasteiger partial charge in [0.15, 0.2) is 0 Å². The Morgan fingerprint density at radius 3 is 2.14 bits per heavy atom. The number of nitrogens with zero attached hydrogens (tertiary/aromatic N) is 1. The minimum atomic E-state index is -3.46. The van der Waals surface area contributed by atoms with E-state index in [2.05, 4.69) is 4.72 Å². The fourth-order valence-electron chi connectivity index (χ4n) is 2.30. The first-order chi connectivity index (χ1) is 10.5. The van der Waals surface area contributed by atoms with Crippen LogP contribution in [0.2, 0.25) is 0 Å². The summed E-state index contributed by atoms with van der Waals surface area (Å²) >= 11 is 0. The van der Waals surface area contributed by atoms with E-state index in [4.69, 9.17) is 0 Å². The van der Waals surface area contributed by atoms with Gasteiger partial charge in [0.2, 0.25) is 10.0 Å². The highest BCUT2D eigenvalue weighted by Gasteiger charge is 2.28. The van der Waals surface area contributed by atoms with Crippen molar-refractivity contribution >= 4 is 15.9 Å². The van der Waals surface area contributed by atoms with Crippen LogP contribution in [-0.4, -0.2) is 38.4 Å². The van der Waals surface area contributed by atoms with Gasteiger partial charge < -0.3 is 4.90 Å². The summed E-state index contributed by atoms with van der Waals surface area (Å²) in [5.74, 6) is -0.0391. The molecule has 0 heterocycles. The molecule has 1 amide bonds. The van der Waals surface area contributed by atoms with Crippen LogP contribution in [0.5, 0.6) is 0 Å². The van der Waals surface area contributed by atoms with Crippen molar-refractivity contribution in [2.75, 3.05) is 13.1 Å². The molecule has 1 N–H and O–H groups in total. The van der Waals surface area contributed by atoms with E-state index in [1.165, 1.54) is 12.1 Å². The van der Waals surface area contributed by atoms with Gasteiger partial charge in [-0.2, -0.15) is 0 Å². The first-order valence-corrected chi connectivity index (χ1v) is 9.38. The molecule has 0 spiro atoms. The molecular formula is C16H24N2O3S. The fourth-order valence-corrected chi connectivity index (χ4v) is 3.61. The molecule has 122 valence electrons. The molecule has 6 heteroatoms. The zero-order chi connectivity index (χ0) is 16.2. The maximum absolute atomic E-state index is 12.4. The molecule has 1 aromatic carbocycles. The number of rotatable bonds is 8. The molecule has 0 radical (unpaired) electrons. The lowest BCUT2D eigenvalue weighted by Crippen LogP contribution is -2.32. The van der Waals surface area contributed by atoms with Crippen molar-refractivity contribution in [2.45, 2.75) is 50.5 Å². The minimum absolute atomic E-state index is 0.0391. The fraction of sp³-hybridized carbons (Fsp3) is 0.562. The van der Waals surface area contributed by atoms with Crippen LogP contribution in [0.3, 0.4) is 0 Å². The monoisotopic (exact) mass is 324 g/mol. The quantitative estimate of drug-likeness (QED) is 0.798. The highest BCUT2D eigenvalue weighted by Crippen LogP contribution is 2.22. The van der Waals surface area contributed by atoms with Crippen molar-refractivity contribution in [3.05, 3.63) is 29.8 Å². The van der Waals surface area contributed by atoms with E-state index in [0.29, 0.717) is 5.56 Å². The Bertz CT molecular complexity index is 601. The summed E-state index contributed by atoms with van der Waals surface area (Å²) in [6.07, 6.45) is 3.62. The molecule has 2 rings (SSSR count). The van der Waals surface area contributed by atoms with Gasteiger partial charge in [-0.25, -0.2) is 13.1 Å². The molecule has 0 bridgehead atoms. The van der Waals surface area contributed by atoms with Crippen molar-refractivity contribution < 1.29 is 13.2 Å². The van der Waals surface area contributed by atoms with Gasteiger partial charge in [-0.15, -0.1) is 0 Å². The summed E-state index contributed by atoms with van der Waals surface area (Å²) in [6, 6.07) is 6.29. The zero-order valence-electron chi connectivity index (χ0n) is 13.2. The first kappa shape index (κ1) is 17.0. The lowest BCUT2D eigenvalue weighted by Gasteiger charge is -2.21. The van der Waals surface area contributed by atoms with E-state index in [9.17, 15) is 13.2 Å². The Morgan fingerprint density at radius 1 is 1.14 bits per heavy atom. The maximum Gasteiger partial charge on any atom is 0.253 e. The highest BCUT2D eigenvalue weighted by molar-refractivity contribution is 7.89. The normalized spacial score (nSPS) is 14.8. The van der Waals surface area contributed by atoms with Crippen LogP contribution in [-0.2, 0) is 10.0 Å². The van der Waals surface area contributed by atoms with E-state index >= 15 is 0 Å². The van der Waals surface area contributed by atoms with Gasteiger partial charge in [-0.05, 0) is 49.9 Å². The molecule has 1 aromatic rings. The second kappa shape index (κ2) is 7.24. The lowest BCUT2D eigenvalue weighted by atomic mass is 10.2. The number of nitrogens with one attached hydrogen (secondary N) is 1. The number of amides is 1. The van der Waals surface area contributed by atoms with Crippen LogP contribution in [0.4, 0.5) is 0 Å². The SMILES string of the molecule is CCCN(CCC)C(=O)c1ccc(S(=O)(=O)NC2CC2)cc1. The predicted molar refractivity (Wildman–Crippen MR) is 86.3 cm³/mol. The summed E-state index contributed by atoms with van der Waals surface area (Å²) in [7, 11) is -3.46. The van der Waals surface area contributed by atoms with Gasteiger partial charge in [0, 0.05) is 24.7 Å². The van der Waals surface area contributed by atoms with Crippen molar-refractivity contribution in [3.63, 3.8) is 0 Å². The van der Waals surface area contributed by atoms with E-state index in [1.54, 1.807) is 12.1 Å². The van der Waals surface area contributed by atoms with Crippen LogP contribution in [0, 0.1) is 0 Å². The summed E-state index contributed by atoms with van der Waals surface area (Å²) in [6.45, 7) is 5.51. The third-order valence-electron chi connectivity index (χ3n) is 3.58. The van der Waals surface area contributed by atoms with Gasteiger partial charge in [-0.1, -0.05) is 13.8 Å². The van der Waals surface area contributed by atoms with Crippen LogP contribution < -0.4 is 4.72 Å². The molecular weight excluding hydrogens is 300 g/mol. The second-order valence-electron chi connectivity index (χ2n) is 5.71. The number of hydrogen-bond acceptors (Lipinski definition) is 3. The Labute approximate surface area is 132 Å². The van der Waals surface area contributed by atoms with E-state index in [1.807, 2.05) is 18.7 Å². The number of sulfonamides is 1. The third kappa shape index (κ3) is 4.30. The van der Waals surface area contributed by atoms with Gasteiger partial charge in [-0.3, -0.25) is 4.79 Å². The standard InChI is InChI=1S/C16H24N2O3S/c1-3-11-18(12-4-2)16(19)13-5-9-15(10-6-13)22(20,21)17-14-7-8-14/h5-6,9-10,14,17H,3-4,7-8,11-12H2,1-2H3. The molecule has 0 aliphatic heterocycles. The van der Waals surface area contributed by atoms with Gasteiger partial charge in [0.05, 0.1) is 4.90 Å². The van der Waals surface area contributed by atoms with E-state index < -0.39 is 10.0 Å². The smallest absolute Gasteiger partial charge is 0.253 e. The zero-order valence-corrected chi connectivity index (χ0v) is 14.0. The number of carbonyl (C=O) groups excluding carboxylic acids is 1. The molecule has 0 atom stereocenters.